The first-order valence-electron chi connectivity index (χ1n) is 11.0. The van der Waals surface area contributed by atoms with Gasteiger partial charge in [0.25, 0.3) is 0 Å². The first-order valence-corrected chi connectivity index (χ1v) is 11.0. The zero-order chi connectivity index (χ0) is 20.8. The lowest BCUT2D eigenvalue weighted by Crippen LogP contribution is -1.79. The van der Waals surface area contributed by atoms with E-state index in [9.17, 15) is 0 Å². The zero-order valence-electron chi connectivity index (χ0n) is 17.1. The van der Waals surface area contributed by atoms with Gasteiger partial charge in [-0.2, -0.15) is 0 Å². The van der Waals surface area contributed by atoms with Gasteiger partial charge in [0.15, 0.2) is 0 Å². The Labute approximate surface area is 182 Å². The molecular formula is C30H17NO. The molecule has 0 amide bonds. The van der Waals surface area contributed by atoms with Gasteiger partial charge in [0.05, 0.1) is 10.9 Å². The standard InChI is InChI=1S/C30H17NO/c1-3-9-19-17(7-1)14-16-24-25(19)26-21-11-5-6-12-22(21)30-27(28(26)31-24)23-15-13-18-8-2-4-10-20(18)29(23)32-30/h1-16,31H. The van der Waals surface area contributed by atoms with Crippen molar-refractivity contribution in [1.82, 2.24) is 4.98 Å². The highest BCUT2D eigenvalue weighted by Gasteiger charge is 2.20. The van der Waals surface area contributed by atoms with Gasteiger partial charge in [-0.25, -0.2) is 0 Å². The van der Waals surface area contributed by atoms with Crippen molar-refractivity contribution in [2.45, 2.75) is 0 Å². The Hall–Kier alpha value is -4.30. The number of hydrogen-bond donors (Lipinski definition) is 1. The quantitative estimate of drug-likeness (QED) is 0.268. The maximum absolute atomic E-state index is 6.65. The van der Waals surface area contributed by atoms with E-state index in [2.05, 4.69) is 102 Å². The average Bonchev–Trinajstić information content (AvgIpc) is 3.43. The summed E-state index contributed by atoms with van der Waals surface area (Å²) in [6.45, 7) is 0. The van der Waals surface area contributed by atoms with Gasteiger partial charge >= 0.3 is 0 Å². The molecule has 8 rings (SSSR count). The third kappa shape index (κ3) is 1.91. The second kappa shape index (κ2) is 5.68. The van der Waals surface area contributed by atoms with Gasteiger partial charge in [-0.3, -0.25) is 0 Å². The number of furan rings is 1. The minimum absolute atomic E-state index is 0.954. The Kier molecular flexibility index (Phi) is 2.91. The van der Waals surface area contributed by atoms with Crippen molar-refractivity contribution in [2.75, 3.05) is 0 Å². The van der Waals surface area contributed by atoms with Crippen molar-refractivity contribution in [1.29, 1.82) is 0 Å². The second-order valence-electron chi connectivity index (χ2n) is 8.60. The number of rotatable bonds is 0. The van der Waals surface area contributed by atoms with E-state index in [1.165, 1.54) is 37.7 Å². The summed E-state index contributed by atoms with van der Waals surface area (Å²) in [4.78, 5) is 3.77. The molecule has 1 N–H and O–H groups in total. The van der Waals surface area contributed by atoms with Crippen LogP contribution in [-0.2, 0) is 0 Å². The summed E-state index contributed by atoms with van der Waals surface area (Å²) in [5.41, 5.74) is 4.22. The highest BCUT2D eigenvalue weighted by atomic mass is 16.3. The summed E-state index contributed by atoms with van der Waals surface area (Å²) >= 11 is 0. The lowest BCUT2D eigenvalue weighted by Gasteiger charge is -2.04. The molecule has 0 radical (unpaired) electrons. The fourth-order valence-electron chi connectivity index (χ4n) is 5.59. The van der Waals surface area contributed by atoms with Crippen LogP contribution in [0.4, 0.5) is 0 Å². The number of benzene rings is 6. The summed E-state index contributed by atoms with van der Waals surface area (Å²) < 4.78 is 6.65. The molecule has 32 heavy (non-hydrogen) atoms. The van der Waals surface area contributed by atoms with Crippen molar-refractivity contribution < 1.29 is 4.42 Å². The predicted molar refractivity (Wildman–Crippen MR) is 136 cm³/mol. The summed E-state index contributed by atoms with van der Waals surface area (Å²) in [6, 6.07) is 34.5. The third-order valence-electron chi connectivity index (χ3n) is 6.96. The van der Waals surface area contributed by atoms with Crippen LogP contribution < -0.4 is 0 Å². The van der Waals surface area contributed by atoms with Crippen LogP contribution in [0, 0.1) is 0 Å². The van der Waals surface area contributed by atoms with E-state index in [0.29, 0.717) is 0 Å². The van der Waals surface area contributed by atoms with Crippen molar-refractivity contribution in [3.05, 3.63) is 97.1 Å². The van der Waals surface area contributed by atoms with Crippen molar-refractivity contribution >= 4 is 76.1 Å². The number of fused-ring (bicyclic) bond motifs is 14. The molecule has 2 nitrogen and oxygen atoms in total. The highest BCUT2D eigenvalue weighted by Crippen LogP contribution is 2.45. The monoisotopic (exact) mass is 407 g/mol. The Bertz CT molecular complexity index is 2040. The number of hydrogen-bond acceptors (Lipinski definition) is 1. The van der Waals surface area contributed by atoms with Gasteiger partial charge in [-0.1, -0.05) is 84.9 Å². The molecule has 0 spiro atoms. The van der Waals surface area contributed by atoms with E-state index in [1.807, 2.05) is 0 Å². The van der Waals surface area contributed by atoms with Gasteiger partial charge in [-0.05, 0) is 33.7 Å². The molecule has 8 aromatic rings. The average molecular weight is 407 g/mol. The largest absolute Gasteiger partial charge is 0.455 e. The molecule has 0 saturated heterocycles. The van der Waals surface area contributed by atoms with Crippen LogP contribution in [0.25, 0.3) is 76.1 Å². The highest BCUT2D eigenvalue weighted by molar-refractivity contribution is 6.38. The smallest absolute Gasteiger partial charge is 0.145 e. The van der Waals surface area contributed by atoms with Crippen LogP contribution in [0.15, 0.2) is 101 Å². The lowest BCUT2D eigenvalue weighted by molar-refractivity contribution is 0.676. The minimum Gasteiger partial charge on any atom is -0.455 e. The molecule has 148 valence electrons. The van der Waals surface area contributed by atoms with Crippen LogP contribution in [0.1, 0.15) is 0 Å². The Balaban J connectivity index is 1.74. The fourth-order valence-corrected chi connectivity index (χ4v) is 5.59. The summed E-state index contributed by atoms with van der Waals surface area (Å²) in [5, 5.41) is 12.1. The van der Waals surface area contributed by atoms with E-state index in [-0.39, 0.29) is 0 Å². The van der Waals surface area contributed by atoms with Crippen molar-refractivity contribution in [2.24, 2.45) is 0 Å². The SMILES string of the molecule is c1ccc2c(c1)ccc1c2oc2c3ccccc3c3c([nH]c4ccc5ccccc5c43)c12. The number of aromatic amines is 1. The van der Waals surface area contributed by atoms with Gasteiger partial charge in [0, 0.05) is 32.4 Å². The van der Waals surface area contributed by atoms with Gasteiger partial charge in [0.1, 0.15) is 11.2 Å². The van der Waals surface area contributed by atoms with Crippen LogP contribution in [-0.4, -0.2) is 4.98 Å². The van der Waals surface area contributed by atoms with Gasteiger partial charge in [-0.15, -0.1) is 0 Å². The van der Waals surface area contributed by atoms with E-state index in [0.717, 1.165) is 38.4 Å². The summed E-state index contributed by atoms with van der Waals surface area (Å²) in [6.07, 6.45) is 0. The zero-order valence-corrected chi connectivity index (χ0v) is 17.1. The first-order chi connectivity index (χ1) is 15.9. The molecule has 0 saturated carbocycles. The topological polar surface area (TPSA) is 28.9 Å². The lowest BCUT2D eigenvalue weighted by atomic mass is 9.97. The van der Waals surface area contributed by atoms with Crippen molar-refractivity contribution in [3.8, 4) is 0 Å². The molecular weight excluding hydrogens is 390 g/mol. The van der Waals surface area contributed by atoms with E-state index >= 15 is 0 Å². The normalized spacial score (nSPS) is 12.4. The molecule has 0 aliphatic rings. The molecule has 0 bridgehead atoms. The number of aromatic nitrogens is 1. The minimum atomic E-state index is 0.954. The molecule has 0 atom stereocenters. The van der Waals surface area contributed by atoms with E-state index in [4.69, 9.17) is 4.42 Å². The molecule has 0 aliphatic carbocycles. The van der Waals surface area contributed by atoms with Crippen LogP contribution in [0.5, 0.6) is 0 Å². The van der Waals surface area contributed by atoms with E-state index in [1.54, 1.807) is 0 Å². The Morgan fingerprint density at radius 1 is 0.438 bits per heavy atom. The Morgan fingerprint density at radius 2 is 1.09 bits per heavy atom. The molecule has 2 heterocycles. The maximum atomic E-state index is 6.65. The van der Waals surface area contributed by atoms with Gasteiger partial charge < -0.3 is 9.40 Å². The number of H-pyrrole nitrogens is 1. The molecule has 2 aromatic heterocycles. The maximum Gasteiger partial charge on any atom is 0.145 e. The molecule has 0 aliphatic heterocycles. The summed E-state index contributed by atoms with van der Waals surface area (Å²) in [7, 11) is 0. The third-order valence-corrected chi connectivity index (χ3v) is 6.96. The Morgan fingerprint density at radius 3 is 1.94 bits per heavy atom. The van der Waals surface area contributed by atoms with Gasteiger partial charge in [0.2, 0.25) is 0 Å². The summed E-state index contributed by atoms with van der Waals surface area (Å²) in [5.74, 6) is 0. The molecule has 6 aromatic carbocycles. The van der Waals surface area contributed by atoms with Crippen LogP contribution >= 0.6 is 0 Å². The molecule has 2 heteroatoms. The van der Waals surface area contributed by atoms with E-state index < -0.39 is 0 Å². The molecule has 0 unspecified atom stereocenters. The molecule has 0 fully saturated rings. The van der Waals surface area contributed by atoms with Crippen molar-refractivity contribution in [3.63, 3.8) is 0 Å². The predicted octanol–water partition coefficient (Wildman–Crippen LogP) is 8.68. The number of nitrogens with one attached hydrogen (secondary N) is 1. The van der Waals surface area contributed by atoms with Crippen LogP contribution in [0.2, 0.25) is 0 Å². The second-order valence-corrected chi connectivity index (χ2v) is 8.60. The first kappa shape index (κ1) is 16.4. The fraction of sp³-hybridized carbons (Fsp3) is 0. The van der Waals surface area contributed by atoms with Crippen LogP contribution in [0.3, 0.4) is 0 Å².